The Balaban J connectivity index is -0.000000141. The summed E-state index contributed by atoms with van der Waals surface area (Å²) in [6.45, 7) is 0. The van der Waals surface area contributed by atoms with E-state index in [0.717, 1.165) is 0 Å². The molecule has 0 saturated heterocycles. The van der Waals surface area contributed by atoms with Crippen molar-refractivity contribution in [3.05, 3.63) is 0 Å². The average Bonchev–Trinajstić information content (AvgIpc) is 2.18. The van der Waals surface area contributed by atoms with Crippen LogP contribution >= 0.6 is 77.4 Å². The molecular weight excluding hydrogens is 434 g/mol. The molecule has 0 aliphatic heterocycles. The van der Waals surface area contributed by atoms with Crippen LogP contribution in [0.25, 0.3) is 0 Å². The minimum Gasteiger partial charge on any atom is -0.790 e. The first kappa shape index (κ1) is 30.4. The fourth-order valence-corrected chi connectivity index (χ4v) is 3.38. The second-order valence-electron chi connectivity index (χ2n) is 3.14. The van der Waals surface area contributed by atoms with Gasteiger partial charge in [0, 0.05) is 0 Å². The Morgan fingerprint density at radius 2 is 0.800 bits per heavy atom. The van der Waals surface area contributed by atoms with E-state index in [1.54, 1.807) is 0 Å². The van der Waals surface area contributed by atoms with Crippen LogP contribution in [0.4, 0.5) is 0 Å². The summed E-state index contributed by atoms with van der Waals surface area (Å²) in [5.41, 5.74) is 0. The quantitative estimate of drug-likeness (QED) is 0.314. The van der Waals surface area contributed by atoms with E-state index in [0.29, 0.717) is 0 Å². The third-order valence-corrected chi connectivity index (χ3v) is 5.86. The number of hydrogen-bond donors (Lipinski definition) is 2. The van der Waals surface area contributed by atoms with E-state index >= 15 is 0 Å². The summed E-state index contributed by atoms with van der Waals surface area (Å²) in [5, 5.41) is -2.62. The van der Waals surface area contributed by atoms with Gasteiger partial charge in [-0.2, -0.15) is 0 Å². The van der Waals surface area contributed by atoms with Crippen LogP contribution < -0.4 is 15.9 Å². The Morgan fingerprint density at radius 3 is 0.850 bits per heavy atom. The summed E-state index contributed by atoms with van der Waals surface area (Å²) in [5.74, 6) is 0. The van der Waals surface area contributed by atoms with Gasteiger partial charge < -0.3 is 30.9 Å². The van der Waals surface area contributed by atoms with Crippen LogP contribution in [0.1, 0.15) is 0 Å². The number of phosphoric acid groups is 1. The summed E-state index contributed by atoms with van der Waals surface area (Å²) in [7, 11) is -5.14. The molecule has 0 bridgehead atoms. The fourth-order valence-electron chi connectivity index (χ4n) is 1.05. The maximum absolute atomic E-state index is 8.66. The van der Waals surface area contributed by atoms with Gasteiger partial charge >= 0.3 is 23.1 Å². The second-order valence-corrected chi connectivity index (χ2v) is 7.10. The first-order valence-corrected chi connectivity index (χ1v) is 8.17. The molecule has 6 nitrogen and oxygen atoms in total. The largest absolute Gasteiger partial charge is 2.00 e. The van der Waals surface area contributed by atoms with Crippen molar-refractivity contribution in [1.82, 2.24) is 6.15 Å². The van der Waals surface area contributed by atoms with Gasteiger partial charge in [0.2, 0.25) is 0 Å². The third-order valence-electron chi connectivity index (χ3n) is 1.83. The zero-order chi connectivity index (χ0) is 14.0. The van der Waals surface area contributed by atoms with Gasteiger partial charge in [-0.3, -0.25) is 0 Å². The first-order valence-electron chi connectivity index (χ1n) is 4.06. The summed E-state index contributed by atoms with van der Waals surface area (Å²) >= 11 is 35.3. The van der Waals surface area contributed by atoms with Gasteiger partial charge in [-0.15, -0.1) is 69.6 Å². The molecule has 1 saturated carbocycles. The van der Waals surface area contributed by atoms with Gasteiger partial charge in [0.25, 0.3) is 0 Å². The second kappa shape index (κ2) is 12.9. The Bertz CT molecular complexity index is 234. The molecule has 6 N–H and O–H groups in total. The number of hydrogen-bond acceptors (Lipinski definition) is 4. The van der Waals surface area contributed by atoms with E-state index in [-0.39, 0.29) is 34.7 Å². The predicted molar refractivity (Wildman–Crippen MR) is 82.1 cm³/mol. The first-order chi connectivity index (χ1) is 7.46. The molecule has 0 radical (unpaired) electrons. The van der Waals surface area contributed by atoms with E-state index in [2.05, 4.69) is 0 Å². The van der Waals surface area contributed by atoms with Gasteiger partial charge in [0.15, 0.2) is 0 Å². The van der Waals surface area contributed by atoms with Crippen molar-refractivity contribution >= 4 is 100 Å². The molecule has 1 aliphatic rings. The molecule has 120 valence electrons. The van der Waals surface area contributed by atoms with Crippen LogP contribution in [0.2, 0.25) is 0 Å². The molecule has 0 heterocycles. The molecule has 0 atom stereocenters. The fraction of sp³-hybridized carbons (Fsp3) is 1.00. The standard InChI is InChI=1S/C6H6Cl6.Mg.H3N.H3O4P.H2O/c7-1-2(8)4(10)6(12)5(11)3(1)9;;;1-5(2,3)4;/h1-6H;;1H3;(H3,1,2,3,4);1H2/q;+2;;;/p-2/t1-,2-,3-,4+,5+,6+;;;;. The summed E-state index contributed by atoms with van der Waals surface area (Å²) in [6.07, 6.45) is 0. The van der Waals surface area contributed by atoms with E-state index < -0.39 is 40.1 Å². The van der Waals surface area contributed by atoms with Crippen molar-refractivity contribution in [3.63, 3.8) is 0 Å². The van der Waals surface area contributed by atoms with Crippen molar-refractivity contribution in [2.45, 2.75) is 32.3 Å². The van der Waals surface area contributed by atoms with Crippen LogP contribution in [0.3, 0.4) is 0 Å². The van der Waals surface area contributed by atoms with Gasteiger partial charge in [-0.05, 0) is 0 Å². The van der Waals surface area contributed by atoms with E-state index in [1.807, 2.05) is 0 Å². The molecule has 0 unspecified atom stereocenters. The number of alkyl halides is 6. The van der Waals surface area contributed by atoms with Crippen LogP contribution in [0.5, 0.6) is 0 Å². The van der Waals surface area contributed by atoms with E-state index in [9.17, 15) is 0 Å². The zero-order valence-corrected chi connectivity index (χ0v) is 16.6. The topological polar surface area (TPSA) is 150 Å². The predicted octanol–water partition coefficient (Wildman–Crippen LogP) is 0.408. The van der Waals surface area contributed by atoms with Crippen LogP contribution in [-0.2, 0) is 4.57 Å². The van der Waals surface area contributed by atoms with Crippen molar-refractivity contribution in [1.29, 1.82) is 0 Å². The molecule has 0 aromatic carbocycles. The SMILES string of the molecule is Cl[C@H]1[C@H](Cl)[C@@H](Cl)[C@@H](Cl)[C@H](Cl)[C@H]1Cl.N.O.O=P([O-])([O-])O.[Mg+2]. The van der Waals surface area contributed by atoms with E-state index in [1.165, 1.54) is 0 Å². The summed E-state index contributed by atoms with van der Waals surface area (Å²) in [4.78, 5) is 24.3. The van der Waals surface area contributed by atoms with Crippen molar-refractivity contribution < 1.29 is 24.7 Å². The van der Waals surface area contributed by atoms with Crippen LogP contribution in [-0.4, -0.2) is 65.7 Å². The summed E-state index contributed by atoms with van der Waals surface area (Å²) < 4.78 is 8.66. The zero-order valence-electron chi connectivity index (χ0n) is 9.77. The van der Waals surface area contributed by atoms with E-state index in [4.69, 9.17) is 88.9 Å². The van der Waals surface area contributed by atoms with Crippen LogP contribution in [0, 0.1) is 0 Å². The molecule has 1 aliphatic carbocycles. The van der Waals surface area contributed by atoms with Crippen molar-refractivity contribution in [2.75, 3.05) is 0 Å². The molecule has 0 amide bonds. The number of halogens is 6. The Kier molecular flexibility index (Phi) is 19.6. The monoisotopic (exact) mass is 443 g/mol. The molecular formula is C6H12Cl6MgNO5P. The molecule has 1 rings (SSSR count). The van der Waals surface area contributed by atoms with Crippen molar-refractivity contribution in [3.8, 4) is 0 Å². The minimum absolute atomic E-state index is 0. The molecule has 0 aromatic heterocycles. The molecule has 20 heavy (non-hydrogen) atoms. The molecule has 0 spiro atoms. The normalized spacial score (nSPS) is 36.2. The molecule has 1 fully saturated rings. The third kappa shape index (κ3) is 11.1. The maximum Gasteiger partial charge on any atom is 2.00 e. The maximum atomic E-state index is 8.66. The Hall–Kier alpha value is 2.54. The van der Waals surface area contributed by atoms with Crippen molar-refractivity contribution in [2.24, 2.45) is 0 Å². The molecule has 14 heteroatoms. The Morgan fingerprint density at radius 1 is 0.750 bits per heavy atom. The van der Waals surface area contributed by atoms with Gasteiger partial charge in [-0.25, -0.2) is 0 Å². The minimum atomic E-state index is -5.14. The van der Waals surface area contributed by atoms with Crippen LogP contribution in [0.15, 0.2) is 0 Å². The smallest absolute Gasteiger partial charge is 0.790 e. The average molecular weight is 446 g/mol. The van der Waals surface area contributed by atoms with Gasteiger partial charge in [0.1, 0.15) is 0 Å². The summed E-state index contributed by atoms with van der Waals surface area (Å²) in [6, 6.07) is 0. The Labute approximate surface area is 162 Å². The molecule has 0 aromatic rings. The van der Waals surface area contributed by atoms with Gasteiger partial charge in [0.05, 0.1) is 40.1 Å². The van der Waals surface area contributed by atoms with Gasteiger partial charge in [-0.1, -0.05) is 0 Å². The number of rotatable bonds is 0.